The molecule has 34 heavy (non-hydrogen) atoms. The van der Waals surface area contributed by atoms with Crippen LogP contribution in [-0.2, 0) is 30.2 Å². The lowest BCUT2D eigenvalue weighted by molar-refractivity contribution is 0.211. The normalized spacial score (nSPS) is 17.2. The molecule has 2 aromatic carbocycles. The molecule has 1 aliphatic heterocycles. The Morgan fingerprint density at radius 3 is 2.41 bits per heavy atom. The molecule has 0 N–H and O–H groups in total. The Morgan fingerprint density at radius 1 is 1.12 bits per heavy atom. The first-order chi connectivity index (χ1) is 16.0. The maximum absolute atomic E-state index is 13.5. The van der Waals surface area contributed by atoms with Gasteiger partial charge >= 0.3 is 7.60 Å². The highest BCUT2D eigenvalue weighted by atomic mass is 35.5. The van der Waals surface area contributed by atoms with E-state index in [1.807, 2.05) is 19.2 Å². The van der Waals surface area contributed by atoms with E-state index in [0.717, 1.165) is 21.0 Å². The second kappa shape index (κ2) is 11.4. The lowest BCUT2D eigenvalue weighted by Crippen LogP contribution is -2.33. The van der Waals surface area contributed by atoms with Gasteiger partial charge in [-0.3, -0.25) is 4.57 Å². The molecule has 2 aromatic rings. The van der Waals surface area contributed by atoms with Crippen molar-refractivity contribution in [1.82, 2.24) is 9.21 Å². The fourth-order valence-electron chi connectivity index (χ4n) is 4.22. The van der Waals surface area contributed by atoms with Gasteiger partial charge < -0.3 is 13.9 Å². The Morgan fingerprint density at radius 2 is 1.79 bits per heavy atom. The summed E-state index contributed by atoms with van der Waals surface area (Å²) in [7, 11) is -5.55. The maximum atomic E-state index is 13.5. The Kier molecular flexibility index (Phi) is 9.26. The van der Waals surface area contributed by atoms with Crippen LogP contribution in [0.15, 0.2) is 41.3 Å². The molecule has 0 fully saturated rings. The fourth-order valence-corrected chi connectivity index (χ4v) is 8.61. The van der Waals surface area contributed by atoms with Gasteiger partial charge in [0.1, 0.15) is 6.29 Å². The van der Waals surface area contributed by atoms with Gasteiger partial charge in [-0.05, 0) is 61.9 Å². The molecule has 3 rings (SSSR count). The largest absolute Gasteiger partial charge is 0.345 e. The lowest BCUT2D eigenvalue weighted by atomic mass is 9.85. The molecular weight excluding hydrogens is 518 g/mol. The Bertz CT molecular complexity index is 1170. The summed E-state index contributed by atoms with van der Waals surface area (Å²) in [5, 5.41) is 1.14. The van der Waals surface area contributed by atoms with Crippen LogP contribution in [-0.4, -0.2) is 57.3 Å². The molecule has 0 spiro atoms. The van der Waals surface area contributed by atoms with Crippen molar-refractivity contribution in [2.24, 2.45) is 0 Å². The molecule has 0 aromatic heterocycles. The van der Waals surface area contributed by atoms with Crippen LogP contribution in [0.2, 0.25) is 10.0 Å². The minimum absolute atomic E-state index is 0.104. The number of rotatable bonds is 10. The van der Waals surface area contributed by atoms with Gasteiger partial charge in [0.25, 0.3) is 0 Å². The van der Waals surface area contributed by atoms with E-state index in [1.54, 1.807) is 45.0 Å². The summed E-state index contributed by atoms with van der Waals surface area (Å²) in [4.78, 5) is 2.27. The van der Waals surface area contributed by atoms with Crippen molar-refractivity contribution in [3.8, 4) is 0 Å². The molecule has 188 valence electrons. The summed E-state index contributed by atoms with van der Waals surface area (Å²) in [6.07, 6.45) is -0.349. The molecule has 0 radical (unpaired) electrons. The molecule has 1 aliphatic rings. The first kappa shape index (κ1) is 27.6. The number of likely N-dealkylation sites (N-methyl/N-ethyl adjacent to an activating group) is 1. The third-order valence-corrected chi connectivity index (χ3v) is 10.4. The summed E-state index contributed by atoms with van der Waals surface area (Å²) in [6, 6.07) is 10.5. The minimum Gasteiger partial charge on any atom is -0.308 e. The average Bonchev–Trinajstić information content (AvgIpc) is 2.78. The van der Waals surface area contributed by atoms with Gasteiger partial charge in [0.15, 0.2) is 0 Å². The van der Waals surface area contributed by atoms with Gasteiger partial charge in [-0.15, -0.1) is 0 Å². The molecule has 0 saturated heterocycles. The number of sulfonamides is 1. The van der Waals surface area contributed by atoms with E-state index < -0.39 is 17.6 Å². The van der Waals surface area contributed by atoms with Crippen LogP contribution in [0.3, 0.4) is 0 Å². The monoisotopic (exact) mass is 548 g/mol. The highest BCUT2D eigenvalue weighted by Crippen LogP contribution is 2.49. The van der Waals surface area contributed by atoms with E-state index in [9.17, 15) is 13.0 Å². The standard InChI is InChI=1S/C23H31Cl2N2O5PS/c1-5-27(16-33(28,31-6-2)32-7-3)34(29,30)19-10-8-9-17(11-19)21-14-26(4)15-22-20(21)12-18(24)13-23(22)25/h8-13,21H,5-7,14-16H2,1-4H3. The van der Waals surface area contributed by atoms with E-state index >= 15 is 0 Å². The van der Waals surface area contributed by atoms with Crippen molar-refractivity contribution < 1.29 is 22.0 Å². The van der Waals surface area contributed by atoms with E-state index in [0.29, 0.717) is 23.1 Å². The summed E-state index contributed by atoms with van der Waals surface area (Å²) in [5.41, 5.74) is 2.82. The zero-order valence-corrected chi connectivity index (χ0v) is 23.1. The van der Waals surface area contributed by atoms with Crippen molar-refractivity contribution >= 4 is 40.8 Å². The van der Waals surface area contributed by atoms with Crippen molar-refractivity contribution in [2.45, 2.75) is 38.1 Å². The molecule has 0 aliphatic carbocycles. The van der Waals surface area contributed by atoms with Gasteiger partial charge in [0.2, 0.25) is 10.0 Å². The molecule has 1 heterocycles. The SMILES string of the molecule is CCOP(=O)(CN(CC)S(=O)(=O)c1cccc(C2CN(C)Cc3c(Cl)cc(Cl)cc32)c1)OCC. The topological polar surface area (TPSA) is 76.2 Å². The van der Waals surface area contributed by atoms with Gasteiger partial charge in [-0.25, -0.2) is 8.42 Å². The maximum Gasteiger partial charge on any atom is 0.345 e. The van der Waals surface area contributed by atoms with Crippen molar-refractivity contribution in [3.05, 3.63) is 63.1 Å². The molecule has 1 atom stereocenters. The van der Waals surface area contributed by atoms with Gasteiger partial charge in [0.05, 0.1) is 18.1 Å². The average molecular weight is 549 g/mol. The highest BCUT2D eigenvalue weighted by molar-refractivity contribution is 7.89. The minimum atomic E-state index is -3.95. The van der Waals surface area contributed by atoms with Crippen LogP contribution in [0.25, 0.3) is 0 Å². The van der Waals surface area contributed by atoms with Crippen LogP contribution in [0.5, 0.6) is 0 Å². The third kappa shape index (κ3) is 6.05. The van der Waals surface area contributed by atoms with E-state index in [-0.39, 0.29) is 36.9 Å². The van der Waals surface area contributed by atoms with Crippen molar-refractivity contribution in [3.63, 3.8) is 0 Å². The number of hydrogen-bond donors (Lipinski definition) is 0. The van der Waals surface area contributed by atoms with Crippen LogP contribution < -0.4 is 0 Å². The molecule has 11 heteroatoms. The molecule has 0 bridgehead atoms. The van der Waals surface area contributed by atoms with Crippen molar-refractivity contribution in [2.75, 3.05) is 39.6 Å². The predicted molar refractivity (Wildman–Crippen MR) is 136 cm³/mol. The van der Waals surface area contributed by atoms with Crippen LogP contribution in [0.1, 0.15) is 43.4 Å². The van der Waals surface area contributed by atoms with E-state index in [2.05, 4.69) is 4.90 Å². The molecular formula is C23H31Cl2N2O5PS. The number of halogens is 2. The quantitative estimate of drug-likeness (QED) is 0.349. The summed E-state index contributed by atoms with van der Waals surface area (Å²) >= 11 is 12.8. The first-order valence-electron chi connectivity index (χ1n) is 11.2. The van der Waals surface area contributed by atoms with Gasteiger partial charge in [0, 0.05) is 35.6 Å². The fraction of sp³-hybridized carbons (Fsp3) is 0.478. The molecule has 1 unspecified atom stereocenters. The Labute approximate surface area is 212 Å². The summed E-state index contributed by atoms with van der Waals surface area (Å²) in [5.74, 6) is -0.104. The highest BCUT2D eigenvalue weighted by Gasteiger charge is 2.34. The first-order valence-corrected chi connectivity index (χ1v) is 15.1. The number of nitrogens with zero attached hydrogens (tertiary/aromatic N) is 2. The van der Waals surface area contributed by atoms with Crippen LogP contribution >= 0.6 is 30.8 Å². The second-order valence-electron chi connectivity index (χ2n) is 8.14. The lowest BCUT2D eigenvalue weighted by Gasteiger charge is -2.33. The van der Waals surface area contributed by atoms with E-state index in [4.69, 9.17) is 32.2 Å². The Balaban J connectivity index is 2.00. The van der Waals surface area contributed by atoms with Crippen LogP contribution in [0, 0.1) is 0 Å². The zero-order chi connectivity index (χ0) is 25.1. The predicted octanol–water partition coefficient (Wildman–Crippen LogP) is 5.80. The molecule has 7 nitrogen and oxygen atoms in total. The second-order valence-corrected chi connectivity index (χ2v) is 12.9. The van der Waals surface area contributed by atoms with E-state index in [1.165, 1.54) is 0 Å². The summed E-state index contributed by atoms with van der Waals surface area (Å²) < 4.78 is 51.9. The number of benzene rings is 2. The third-order valence-electron chi connectivity index (χ3n) is 5.73. The molecule has 0 amide bonds. The zero-order valence-electron chi connectivity index (χ0n) is 19.8. The number of fused-ring (bicyclic) bond motifs is 1. The summed E-state index contributed by atoms with van der Waals surface area (Å²) in [6.45, 7) is 6.89. The number of hydrogen-bond acceptors (Lipinski definition) is 6. The van der Waals surface area contributed by atoms with Gasteiger partial charge in [-0.2, -0.15) is 4.31 Å². The Hall–Kier alpha value is -0.960. The van der Waals surface area contributed by atoms with Crippen molar-refractivity contribution in [1.29, 1.82) is 0 Å². The van der Waals surface area contributed by atoms with Gasteiger partial charge in [-0.1, -0.05) is 42.3 Å². The smallest absolute Gasteiger partial charge is 0.308 e. The molecule has 0 saturated carbocycles. The van der Waals surface area contributed by atoms with Crippen LogP contribution in [0.4, 0.5) is 0 Å².